The summed E-state index contributed by atoms with van der Waals surface area (Å²) in [7, 11) is 0. The van der Waals surface area contributed by atoms with E-state index >= 15 is 0 Å². The van der Waals surface area contributed by atoms with Gasteiger partial charge in [0.15, 0.2) is 0 Å². The predicted octanol–water partition coefficient (Wildman–Crippen LogP) is 2.27. The summed E-state index contributed by atoms with van der Waals surface area (Å²) in [5, 5.41) is 7.11. The summed E-state index contributed by atoms with van der Waals surface area (Å²) in [6.45, 7) is 1.59. The molecule has 2 aromatic rings. The van der Waals surface area contributed by atoms with Gasteiger partial charge in [0, 0.05) is 31.1 Å². The van der Waals surface area contributed by atoms with Crippen molar-refractivity contribution in [2.45, 2.75) is 44.7 Å². The maximum absolute atomic E-state index is 12.5. The molecule has 0 aliphatic carbocycles. The van der Waals surface area contributed by atoms with E-state index in [2.05, 4.69) is 15.1 Å². The Labute approximate surface area is 127 Å². The van der Waals surface area contributed by atoms with Crippen molar-refractivity contribution in [1.82, 2.24) is 24.6 Å². The van der Waals surface area contributed by atoms with Crippen molar-refractivity contribution < 1.29 is 4.79 Å². The molecule has 0 radical (unpaired) electrons. The number of nitrogens with zero attached hydrogens (tertiary/aromatic N) is 5. The molecule has 0 saturated carbocycles. The maximum atomic E-state index is 12.5. The number of carbonyl (C=O) groups excluding carboxylic acids is 1. The molecule has 0 spiro atoms. The predicted molar refractivity (Wildman–Crippen MR) is 79.7 cm³/mol. The third-order valence-electron chi connectivity index (χ3n) is 3.80. The second-order valence-electron chi connectivity index (χ2n) is 5.23. The Balaban J connectivity index is 1.56. The summed E-state index contributed by atoms with van der Waals surface area (Å²) in [4.78, 5) is 22.8. The van der Waals surface area contributed by atoms with Crippen LogP contribution in [-0.4, -0.2) is 37.1 Å². The van der Waals surface area contributed by atoms with Gasteiger partial charge < -0.3 is 4.90 Å². The van der Waals surface area contributed by atoms with Gasteiger partial charge in [-0.05, 0) is 25.7 Å². The minimum atomic E-state index is 0.178. The van der Waals surface area contributed by atoms with Gasteiger partial charge in [-0.1, -0.05) is 0 Å². The third-order valence-corrected chi connectivity index (χ3v) is 4.68. The van der Waals surface area contributed by atoms with Crippen LogP contribution in [0.2, 0.25) is 0 Å². The van der Waals surface area contributed by atoms with Gasteiger partial charge in [-0.3, -0.25) is 9.48 Å². The molecule has 1 atom stereocenters. The number of rotatable bonds is 5. The average molecular weight is 305 g/mol. The lowest BCUT2D eigenvalue weighted by atomic mass is 10.0. The number of likely N-dealkylation sites (tertiary alicyclic amines) is 1. The minimum absolute atomic E-state index is 0.178. The molecule has 1 aliphatic rings. The molecule has 3 rings (SSSR count). The molecule has 0 bridgehead atoms. The fourth-order valence-corrected chi connectivity index (χ4v) is 3.55. The van der Waals surface area contributed by atoms with E-state index in [0.717, 1.165) is 37.4 Å². The standard InChI is InChI=1S/C14H19N5OS/c20-13(5-3-7-18-11-15-10-17-18)19-8-2-1-4-12(19)14-16-6-9-21-14/h6,9-12H,1-5,7-8H2/t12-/m0/s1. The summed E-state index contributed by atoms with van der Waals surface area (Å²) < 4.78 is 1.77. The monoisotopic (exact) mass is 305 g/mol. The molecule has 21 heavy (non-hydrogen) atoms. The highest BCUT2D eigenvalue weighted by atomic mass is 32.1. The Bertz CT molecular complexity index is 554. The van der Waals surface area contributed by atoms with Crippen molar-refractivity contribution in [2.24, 2.45) is 0 Å². The zero-order valence-electron chi connectivity index (χ0n) is 11.9. The van der Waals surface area contributed by atoms with Crippen molar-refractivity contribution in [3.63, 3.8) is 0 Å². The molecule has 0 N–H and O–H groups in total. The van der Waals surface area contributed by atoms with E-state index in [1.165, 1.54) is 12.7 Å². The summed E-state index contributed by atoms with van der Waals surface area (Å²) in [6.07, 6.45) is 9.67. The lowest BCUT2D eigenvalue weighted by molar-refractivity contribution is -0.135. The fourth-order valence-electron chi connectivity index (χ4n) is 2.77. The molecule has 7 heteroatoms. The van der Waals surface area contributed by atoms with Gasteiger partial charge >= 0.3 is 0 Å². The molecule has 1 fully saturated rings. The number of piperidine rings is 1. The first-order valence-corrected chi connectivity index (χ1v) is 8.24. The normalized spacial score (nSPS) is 18.9. The molecule has 1 amide bonds. The molecule has 0 aromatic carbocycles. The van der Waals surface area contributed by atoms with Crippen LogP contribution < -0.4 is 0 Å². The Hall–Kier alpha value is -1.76. The number of hydrogen-bond acceptors (Lipinski definition) is 5. The highest BCUT2D eigenvalue weighted by Gasteiger charge is 2.29. The lowest BCUT2D eigenvalue weighted by Gasteiger charge is -2.34. The number of aromatic nitrogens is 4. The van der Waals surface area contributed by atoms with Crippen LogP contribution in [0.4, 0.5) is 0 Å². The minimum Gasteiger partial charge on any atom is -0.333 e. The summed E-state index contributed by atoms with van der Waals surface area (Å²) in [6, 6.07) is 0.178. The zero-order chi connectivity index (χ0) is 14.5. The Morgan fingerprint density at radius 1 is 1.43 bits per heavy atom. The first kappa shape index (κ1) is 14.2. The van der Waals surface area contributed by atoms with Crippen molar-refractivity contribution in [1.29, 1.82) is 0 Å². The van der Waals surface area contributed by atoms with E-state index < -0.39 is 0 Å². The van der Waals surface area contributed by atoms with Crippen molar-refractivity contribution in [2.75, 3.05) is 6.54 Å². The maximum Gasteiger partial charge on any atom is 0.223 e. The van der Waals surface area contributed by atoms with E-state index in [-0.39, 0.29) is 11.9 Å². The fraction of sp³-hybridized carbons (Fsp3) is 0.571. The van der Waals surface area contributed by atoms with Crippen LogP contribution in [0.3, 0.4) is 0 Å². The summed E-state index contributed by atoms with van der Waals surface area (Å²) in [5.74, 6) is 0.231. The number of carbonyl (C=O) groups is 1. The highest BCUT2D eigenvalue weighted by Crippen LogP contribution is 2.32. The van der Waals surface area contributed by atoms with Gasteiger partial charge in [-0.15, -0.1) is 11.3 Å². The van der Waals surface area contributed by atoms with Gasteiger partial charge in [0.2, 0.25) is 5.91 Å². The molecule has 112 valence electrons. The van der Waals surface area contributed by atoms with Gasteiger partial charge in [-0.25, -0.2) is 9.97 Å². The highest BCUT2D eigenvalue weighted by molar-refractivity contribution is 7.09. The second-order valence-corrected chi connectivity index (χ2v) is 6.16. The van der Waals surface area contributed by atoms with Gasteiger partial charge in [0.05, 0.1) is 6.04 Å². The van der Waals surface area contributed by atoms with Crippen LogP contribution in [-0.2, 0) is 11.3 Å². The first-order chi connectivity index (χ1) is 10.3. The molecule has 0 unspecified atom stereocenters. The van der Waals surface area contributed by atoms with Crippen LogP contribution in [0.15, 0.2) is 24.2 Å². The average Bonchev–Trinajstić information content (AvgIpc) is 3.20. The second kappa shape index (κ2) is 6.80. The van der Waals surface area contributed by atoms with Crippen molar-refractivity contribution in [3.8, 4) is 0 Å². The van der Waals surface area contributed by atoms with E-state index in [4.69, 9.17) is 0 Å². The molecular formula is C14H19N5OS. The van der Waals surface area contributed by atoms with Crippen LogP contribution >= 0.6 is 11.3 Å². The first-order valence-electron chi connectivity index (χ1n) is 7.36. The molecule has 6 nitrogen and oxygen atoms in total. The van der Waals surface area contributed by atoms with Crippen LogP contribution in [0.5, 0.6) is 0 Å². The van der Waals surface area contributed by atoms with Gasteiger partial charge in [0.1, 0.15) is 17.7 Å². The summed E-state index contributed by atoms with van der Waals surface area (Å²) in [5.41, 5.74) is 0. The molecular weight excluding hydrogens is 286 g/mol. The number of thiazole rings is 1. The third kappa shape index (κ3) is 3.47. The number of aryl methyl sites for hydroxylation is 1. The molecule has 1 saturated heterocycles. The van der Waals surface area contributed by atoms with E-state index in [9.17, 15) is 4.79 Å². The number of hydrogen-bond donors (Lipinski definition) is 0. The molecule has 1 aliphatic heterocycles. The number of amides is 1. The van der Waals surface area contributed by atoms with E-state index in [1.807, 2.05) is 16.5 Å². The van der Waals surface area contributed by atoms with Gasteiger partial charge in [0.25, 0.3) is 0 Å². The smallest absolute Gasteiger partial charge is 0.223 e. The zero-order valence-corrected chi connectivity index (χ0v) is 12.7. The Morgan fingerprint density at radius 2 is 2.38 bits per heavy atom. The van der Waals surface area contributed by atoms with Gasteiger partial charge in [-0.2, -0.15) is 5.10 Å². The lowest BCUT2D eigenvalue weighted by Crippen LogP contribution is -2.38. The molecule has 2 aromatic heterocycles. The van der Waals surface area contributed by atoms with Crippen molar-refractivity contribution in [3.05, 3.63) is 29.2 Å². The quantitative estimate of drug-likeness (QED) is 0.850. The van der Waals surface area contributed by atoms with E-state index in [0.29, 0.717) is 6.42 Å². The van der Waals surface area contributed by atoms with Crippen LogP contribution in [0, 0.1) is 0 Å². The SMILES string of the molecule is O=C(CCCn1cncn1)N1CCCC[C@H]1c1nccs1. The summed E-state index contributed by atoms with van der Waals surface area (Å²) >= 11 is 1.65. The molecule has 3 heterocycles. The van der Waals surface area contributed by atoms with Crippen LogP contribution in [0.25, 0.3) is 0 Å². The Morgan fingerprint density at radius 3 is 3.14 bits per heavy atom. The van der Waals surface area contributed by atoms with Crippen molar-refractivity contribution >= 4 is 17.2 Å². The van der Waals surface area contributed by atoms with Crippen LogP contribution in [0.1, 0.15) is 43.2 Å². The topological polar surface area (TPSA) is 63.9 Å². The largest absolute Gasteiger partial charge is 0.333 e. The Kier molecular flexibility index (Phi) is 4.59. The van der Waals surface area contributed by atoms with E-state index in [1.54, 1.807) is 22.3 Å².